The molecule has 0 saturated carbocycles. The molecule has 150 valence electrons. The summed E-state index contributed by atoms with van der Waals surface area (Å²) in [6.45, 7) is 6.76. The summed E-state index contributed by atoms with van der Waals surface area (Å²) in [5, 5.41) is 6.96. The predicted octanol–water partition coefficient (Wildman–Crippen LogP) is 3.21. The van der Waals surface area contributed by atoms with Crippen molar-refractivity contribution in [1.82, 2.24) is 15.6 Å². The molecule has 0 aliphatic carbocycles. The van der Waals surface area contributed by atoms with E-state index in [0.717, 1.165) is 56.1 Å². The molecule has 0 bridgehead atoms. The maximum Gasteiger partial charge on any atom is 0.191 e. The number of halogens is 1. The molecule has 1 fully saturated rings. The van der Waals surface area contributed by atoms with Crippen LogP contribution in [-0.2, 0) is 6.42 Å². The van der Waals surface area contributed by atoms with E-state index in [1.807, 2.05) is 25.4 Å². The third-order valence-corrected chi connectivity index (χ3v) is 5.31. The van der Waals surface area contributed by atoms with Gasteiger partial charge in [0.2, 0.25) is 0 Å². The normalized spacial score (nSPS) is 17.5. The lowest BCUT2D eigenvalue weighted by Gasteiger charge is -2.36. The summed E-state index contributed by atoms with van der Waals surface area (Å²) in [5.41, 5.74) is 4.61. The Kier molecular flexibility index (Phi) is 6.85. The van der Waals surface area contributed by atoms with Crippen molar-refractivity contribution < 1.29 is 4.39 Å². The van der Waals surface area contributed by atoms with E-state index in [1.165, 1.54) is 11.1 Å². The largest absolute Gasteiger partial charge is 0.369 e. The molecule has 1 saturated heterocycles. The molecular weight excluding hydrogens is 353 g/mol. The Morgan fingerprint density at radius 3 is 2.89 bits per heavy atom. The highest BCUT2D eigenvalue weighted by Crippen LogP contribution is 2.24. The molecule has 5 nitrogen and oxygen atoms in total. The van der Waals surface area contributed by atoms with Crippen LogP contribution in [0.4, 0.5) is 10.1 Å². The second-order valence-electron chi connectivity index (χ2n) is 7.41. The Morgan fingerprint density at radius 2 is 2.14 bits per heavy atom. The molecule has 1 unspecified atom stereocenters. The van der Waals surface area contributed by atoms with Gasteiger partial charge in [-0.25, -0.2) is 4.39 Å². The number of anilines is 1. The number of guanidine groups is 1. The molecule has 0 amide bonds. The van der Waals surface area contributed by atoms with Gasteiger partial charge in [-0.1, -0.05) is 0 Å². The Bertz CT molecular complexity index is 820. The van der Waals surface area contributed by atoms with Crippen LogP contribution in [0.15, 0.2) is 41.7 Å². The van der Waals surface area contributed by atoms with Crippen molar-refractivity contribution in [3.05, 3.63) is 59.2 Å². The minimum absolute atomic E-state index is 0.179. The molecule has 0 radical (unpaired) electrons. The number of pyridine rings is 1. The van der Waals surface area contributed by atoms with Crippen LogP contribution >= 0.6 is 0 Å². The lowest BCUT2D eigenvalue weighted by Crippen LogP contribution is -2.51. The van der Waals surface area contributed by atoms with Crippen molar-refractivity contribution in [2.45, 2.75) is 39.2 Å². The Balaban J connectivity index is 1.53. The molecular formula is C22H30FN5. The average molecular weight is 384 g/mol. The van der Waals surface area contributed by atoms with Crippen LogP contribution in [0.3, 0.4) is 0 Å². The Hall–Kier alpha value is -2.63. The van der Waals surface area contributed by atoms with Crippen molar-refractivity contribution in [2.24, 2.45) is 4.99 Å². The van der Waals surface area contributed by atoms with Gasteiger partial charge in [0.25, 0.3) is 0 Å². The molecule has 28 heavy (non-hydrogen) atoms. The zero-order valence-electron chi connectivity index (χ0n) is 17.0. The van der Waals surface area contributed by atoms with Crippen LogP contribution in [0.5, 0.6) is 0 Å². The van der Waals surface area contributed by atoms with Gasteiger partial charge in [0.1, 0.15) is 5.82 Å². The van der Waals surface area contributed by atoms with Crippen LogP contribution in [0, 0.1) is 19.7 Å². The molecule has 1 aromatic carbocycles. The molecule has 3 rings (SSSR count). The van der Waals surface area contributed by atoms with Crippen molar-refractivity contribution in [3.8, 4) is 0 Å². The molecule has 0 spiro atoms. The minimum Gasteiger partial charge on any atom is -0.369 e. The number of benzene rings is 1. The smallest absolute Gasteiger partial charge is 0.191 e. The monoisotopic (exact) mass is 383 g/mol. The third-order valence-electron chi connectivity index (χ3n) is 5.31. The van der Waals surface area contributed by atoms with E-state index in [0.29, 0.717) is 6.04 Å². The summed E-state index contributed by atoms with van der Waals surface area (Å²) < 4.78 is 13.4. The van der Waals surface area contributed by atoms with Gasteiger partial charge in [-0.2, -0.15) is 0 Å². The number of nitrogens with zero attached hydrogens (tertiary/aromatic N) is 3. The zero-order chi connectivity index (χ0) is 19.9. The van der Waals surface area contributed by atoms with E-state index in [1.54, 1.807) is 19.2 Å². The fourth-order valence-corrected chi connectivity index (χ4v) is 3.77. The van der Waals surface area contributed by atoms with Crippen molar-refractivity contribution in [3.63, 3.8) is 0 Å². The highest BCUT2D eigenvalue weighted by atomic mass is 19.1. The first-order chi connectivity index (χ1) is 13.6. The number of aliphatic imine (C=N–C) groups is 1. The third kappa shape index (κ3) is 5.21. The van der Waals surface area contributed by atoms with Crippen LogP contribution in [0.2, 0.25) is 0 Å². The van der Waals surface area contributed by atoms with Gasteiger partial charge in [-0.05, 0) is 74.1 Å². The summed E-state index contributed by atoms with van der Waals surface area (Å²) in [5.74, 6) is 0.649. The number of nitrogens with one attached hydrogen (secondary N) is 2. The van der Waals surface area contributed by atoms with E-state index in [-0.39, 0.29) is 5.82 Å². The first kappa shape index (κ1) is 20.1. The number of aromatic nitrogens is 1. The number of aryl methyl sites for hydroxylation is 2. The lowest BCUT2D eigenvalue weighted by molar-refractivity contribution is 0.467. The molecule has 1 atom stereocenters. The quantitative estimate of drug-likeness (QED) is 0.615. The maximum absolute atomic E-state index is 13.4. The second-order valence-corrected chi connectivity index (χ2v) is 7.41. The van der Waals surface area contributed by atoms with Gasteiger partial charge in [0, 0.05) is 50.8 Å². The molecule has 6 heteroatoms. The molecule has 1 aromatic heterocycles. The van der Waals surface area contributed by atoms with E-state index >= 15 is 0 Å². The summed E-state index contributed by atoms with van der Waals surface area (Å²) >= 11 is 0. The molecule has 2 heterocycles. The first-order valence-corrected chi connectivity index (χ1v) is 9.94. The molecule has 1 aliphatic rings. The van der Waals surface area contributed by atoms with Crippen molar-refractivity contribution in [1.29, 1.82) is 0 Å². The number of hydrogen-bond acceptors (Lipinski definition) is 3. The highest BCUT2D eigenvalue weighted by Gasteiger charge is 2.22. The van der Waals surface area contributed by atoms with Gasteiger partial charge in [-0.15, -0.1) is 0 Å². The topological polar surface area (TPSA) is 52.6 Å². The van der Waals surface area contributed by atoms with Crippen LogP contribution in [0.25, 0.3) is 0 Å². The average Bonchev–Trinajstić information content (AvgIpc) is 2.69. The van der Waals surface area contributed by atoms with Gasteiger partial charge in [-0.3, -0.25) is 9.98 Å². The van der Waals surface area contributed by atoms with Crippen LogP contribution in [0.1, 0.15) is 29.5 Å². The SMILES string of the molecule is CN=C(NCCc1ccncc1C)NC1CCCN(c2ccc(F)cc2C)C1. The fourth-order valence-electron chi connectivity index (χ4n) is 3.77. The molecule has 1 aliphatic heterocycles. The van der Waals surface area contributed by atoms with Crippen molar-refractivity contribution in [2.75, 3.05) is 31.6 Å². The summed E-state index contributed by atoms with van der Waals surface area (Å²) in [4.78, 5) is 10.9. The van der Waals surface area contributed by atoms with E-state index in [4.69, 9.17) is 0 Å². The maximum atomic E-state index is 13.4. The Labute approximate surface area is 167 Å². The number of rotatable bonds is 5. The van der Waals surface area contributed by atoms with Crippen LogP contribution in [-0.4, -0.2) is 43.7 Å². The van der Waals surface area contributed by atoms with E-state index in [2.05, 4.69) is 38.5 Å². The molecule has 2 aromatic rings. The van der Waals surface area contributed by atoms with Gasteiger partial charge >= 0.3 is 0 Å². The van der Waals surface area contributed by atoms with Gasteiger partial charge in [0.15, 0.2) is 5.96 Å². The van der Waals surface area contributed by atoms with E-state index in [9.17, 15) is 4.39 Å². The second kappa shape index (κ2) is 9.53. The summed E-state index contributed by atoms with van der Waals surface area (Å²) in [6, 6.07) is 7.41. The summed E-state index contributed by atoms with van der Waals surface area (Å²) in [6.07, 6.45) is 6.86. The fraction of sp³-hybridized carbons (Fsp3) is 0.455. The Morgan fingerprint density at radius 1 is 1.29 bits per heavy atom. The standard InChI is InChI=1S/C22H30FN5/c1-16-13-19(23)6-7-21(16)28-12-4-5-20(15-28)27-22(24-3)26-11-9-18-8-10-25-14-17(18)2/h6-8,10,13-14,20H,4-5,9,11-12,15H2,1-3H3,(H2,24,26,27). The number of hydrogen-bond donors (Lipinski definition) is 2. The summed E-state index contributed by atoms with van der Waals surface area (Å²) in [7, 11) is 1.80. The number of piperidine rings is 1. The van der Waals surface area contributed by atoms with E-state index < -0.39 is 0 Å². The zero-order valence-corrected chi connectivity index (χ0v) is 17.0. The predicted molar refractivity (Wildman–Crippen MR) is 114 cm³/mol. The first-order valence-electron chi connectivity index (χ1n) is 9.94. The minimum atomic E-state index is -0.179. The highest BCUT2D eigenvalue weighted by molar-refractivity contribution is 5.80. The van der Waals surface area contributed by atoms with Crippen LogP contribution < -0.4 is 15.5 Å². The van der Waals surface area contributed by atoms with Crippen molar-refractivity contribution >= 4 is 11.6 Å². The molecule has 2 N–H and O–H groups in total. The van der Waals surface area contributed by atoms with Gasteiger partial charge in [0.05, 0.1) is 0 Å². The lowest BCUT2D eigenvalue weighted by atomic mass is 10.0. The van der Waals surface area contributed by atoms with Gasteiger partial charge < -0.3 is 15.5 Å².